The summed E-state index contributed by atoms with van der Waals surface area (Å²) in [5, 5.41) is 8.91. The van der Waals surface area contributed by atoms with Crippen LogP contribution < -0.4 is 0 Å². The highest BCUT2D eigenvalue weighted by molar-refractivity contribution is 5.39. The van der Waals surface area contributed by atoms with Gasteiger partial charge in [0.2, 0.25) is 0 Å². The summed E-state index contributed by atoms with van der Waals surface area (Å²) in [6.45, 7) is 2.55. The van der Waals surface area contributed by atoms with Crippen molar-refractivity contribution in [3.05, 3.63) is 34.9 Å². The van der Waals surface area contributed by atoms with Crippen molar-refractivity contribution in [2.24, 2.45) is 0 Å². The Morgan fingerprint density at radius 3 is 3.07 bits per heavy atom. The Labute approximate surface area is 92.1 Å². The van der Waals surface area contributed by atoms with Crippen molar-refractivity contribution < 1.29 is 5.11 Å². The van der Waals surface area contributed by atoms with Gasteiger partial charge in [-0.3, -0.25) is 0 Å². The van der Waals surface area contributed by atoms with E-state index in [0.717, 1.165) is 12.8 Å². The summed E-state index contributed by atoms with van der Waals surface area (Å²) >= 11 is 0. The minimum absolute atomic E-state index is 0.331. The molecule has 0 bridgehead atoms. The summed E-state index contributed by atoms with van der Waals surface area (Å²) in [7, 11) is 0. The van der Waals surface area contributed by atoms with Crippen LogP contribution in [0.25, 0.3) is 0 Å². The van der Waals surface area contributed by atoms with E-state index in [4.69, 9.17) is 5.11 Å². The van der Waals surface area contributed by atoms with Crippen LogP contribution in [0.4, 0.5) is 0 Å². The molecule has 0 saturated heterocycles. The van der Waals surface area contributed by atoms with Gasteiger partial charge in [-0.15, -0.1) is 0 Å². The minimum atomic E-state index is 0.331. The number of hydrogen-bond acceptors (Lipinski definition) is 1. The van der Waals surface area contributed by atoms with Crippen molar-refractivity contribution in [3.63, 3.8) is 0 Å². The third-order valence-corrected chi connectivity index (χ3v) is 3.53. The molecular weight excluding hydrogens is 184 g/mol. The van der Waals surface area contributed by atoms with E-state index < -0.39 is 0 Å². The molecule has 15 heavy (non-hydrogen) atoms. The van der Waals surface area contributed by atoms with Gasteiger partial charge in [0.25, 0.3) is 0 Å². The predicted octanol–water partition coefficient (Wildman–Crippen LogP) is 3.19. The molecule has 2 rings (SSSR count). The maximum atomic E-state index is 8.91. The van der Waals surface area contributed by atoms with Crippen LogP contribution >= 0.6 is 0 Å². The smallest absolute Gasteiger partial charge is 0.0431 e. The largest absolute Gasteiger partial charge is 0.396 e. The van der Waals surface area contributed by atoms with Crippen molar-refractivity contribution in [2.45, 2.75) is 44.9 Å². The maximum Gasteiger partial charge on any atom is 0.0431 e. The number of hydrogen-bond donors (Lipinski definition) is 1. The fraction of sp³-hybridized carbons (Fsp3) is 0.571. The van der Waals surface area contributed by atoms with E-state index in [1.165, 1.54) is 24.8 Å². The molecule has 0 aromatic heterocycles. The Balaban J connectivity index is 2.24. The van der Waals surface area contributed by atoms with Gasteiger partial charge in [-0.2, -0.15) is 0 Å². The number of fused-ring (bicyclic) bond motifs is 1. The maximum absolute atomic E-state index is 8.91. The number of aliphatic hydroxyl groups is 1. The average Bonchev–Trinajstić information content (AvgIpc) is 2.26. The van der Waals surface area contributed by atoms with Crippen molar-refractivity contribution in [1.29, 1.82) is 0 Å². The molecule has 1 N–H and O–H groups in total. The van der Waals surface area contributed by atoms with Gasteiger partial charge in [-0.05, 0) is 61.6 Å². The SMILES string of the molecule is Cc1cccc2c1C(CCCO)CCC2. The molecule has 0 amide bonds. The quantitative estimate of drug-likeness (QED) is 0.801. The summed E-state index contributed by atoms with van der Waals surface area (Å²) in [4.78, 5) is 0. The zero-order chi connectivity index (χ0) is 10.7. The van der Waals surface area contributed by atoms with Crippen molar-refractivity contribution in [3.8, 4) is 0 Å². The first-order valence-corrected chi connectivity index (χ1v) is 6.02. The van der Waals surface area contributed by atoms with Gasteiger partial charge >= 0.3 is 0 Å². The molecule has 0 saturated carbocycles. The average molecular weight is 204 g/mol. The van der Waals surface area contributed by atoms with Gasteiger partial charge in [-0.1, -0.05) is 18.2 Å². The molecule has 82 valence electrons. The van der Waals surface area contributed by atoms with Crippen LogP contribution in [0.3, 0.4) is 0 Å². The summed E-state index contributed by atoms with van der Waals surface area (Å²) < 4.78 is 0. The highest BCUT2D eigenvalue weighted by Gasteiger charge is 2.20. The number of benzene rings is 1. The zero-order valence-electron chi connectivity index (χ0n) is 9.50. The van der Waals surface area contributed by atoms with Gasteiger partial charge in [-0.25, -0.2) is 0 Å². The number of aliphatic hydroxyl groups excluding tert-OH is 1. The van der Waals surface area contributed by atoms with E-state index in [0.29, 0.717) is 12.5 Å². The van der Waals surface area contributed by atoms with Gasteiger partial charge in [0.05, 0.1) is 0 Å². The Morgan fingerprint density at radius 1 is 1.40 bits per heavy atom. The molecule has 1 aliphatic rings. The predicted molar refractivity (Wildman–Crippen MR) is 63.2 cm³/mol. The standard InChI is InChI=1S/C14H20O/c1-11-5-2-6-12-7-3-8-13(14(11)12)9-4-10-15/h2,5-6,13,15H,3-4,7-10H2,1H3. The molecule has 0 heterocycles. The summed E-state index contributed by atoms with van der Waals surface area (Å²) in [6, 6.07) is 6.66. The van der Waals surface area contributed by atoms with Crippen LogP contribution in [0.1, 0.15) is 48.3 Å². The molecule has 0 aliphatic heterocycles. The van der Waals surface area contributed by atoms with Crippen LogP contribution in [0.5, 0.6) is 0 Å². The number of aryl methyl sites for hydroxylation is 2. The monoisotopic (exact) mass is 204 g/mol. The molecule has 0 spiro atoms. The van der Waals surface area contributed by atoms with E-state index in [1.807, 2.05) is 0 Å². The Bertz CT molecular complexity index is 330. The lowest BCUT2D eigenvalue weighted by atomic mass is 9.78. The van der Waals surface area contributed by atoms with E-state index in [2.05, 4.69) is 25.1 Å². The van der Waals surface area contributed by atoms with E-state index in [-0.39, 0.29) is 0 Å². The first kappa shape index (κ1) is 10.7. The normalized spacial score (nSPS) is 20.0. The van der Waals surface area contributed by atoms with Gasteiger partial charge < -0.3 is 5.11 Å². The fourth-order valence-corrected chi connectivity index (χ4v) is 2.85. The first-order valence-electron chi connectivity index (χ1n) is 6.02. The fourth-order valence-electron chi connectivity index (χ4n) is 2.85. The lowest BCUT2D eigenvalue weighted by Crippen LogP contribution is -2.12. The molecule has 1 atom stereocenters. The lowest BCUT2D eigenvalue weighted by Gasteiger charge is -2.27. The number of rotatable bonds is 3. The van der Waals surface area contributed by atoms with Crippen LogP contribution in [0.2, 0.25) is 0 Å². The molecular formula is C14H20O. The lowest BCUT2D eigenvalue weighted by molar-refractivity contribution is 0.277. The molecule has 1 aromatic rings. The van der Waals surface area contributed by atoms with Crippen LogP contribution in [0, 0.1) is 6.92 Å². The second-order valence-electron chi connectivity index (χ2n) is 4.60. The summed E-state index contributed by atoms with van der Waals surface area (Å²) in [6.07, 6.45) is 5.95. The molecule has 1 aromatic carbocycles. The topological polar surface area (TPSA) is 20.2 Å². The molecule has 1 aliphatic carbocycles. The second kappa shape index (κ2) is 4.80. The minimum Gasteiger partial charge on any atom is -0.396 e. The van der Waals surface area contributed by atoms with E-state index in [1.54, 1.807) is 11.1 Å². The molecule has 0 fully saturated rings. The van der Waals surface area contributed by atoms with E-state index >= 15 is 0 Å². The van der Waals surface area contributed by atoms with Crippen LogP contribution in [-0.2, 0) is 6.42 Å². The first-order chi connectivity index (χ1) is 7.33. The third kappa shape index (κ3) is 2.23. The molecule has 1 heteroatoms. The highest BCUT2D eigenvalue weighted by atomic mass is 16.2. The van der Waals surface area contributed by atoms with Crippen LogP contribution in [-0.4, -0.2) is 11.7 Å². The molecule has 0 radical (unpaired) electrons. The second-order valence-corrected chi connectivity index (χ2v) is 4.60. The Hall–Kier alpha value is -0.820. The Kier molecular flexibility index (Phi) is 3.42. The van der Waals surface area contributed by atoms with Gasteiger partial charge in [0.1, 0.15) is 0 Å². The van der Waals surface area contributed by atoms with Crippen LogP contribution in [0.15, 0.2) is 18.2 Å². The van der Waals surface area contributed by atoms with Gasteiger partial charge in [0, 0.05) is 6.61 Å². The summed E-state index contributed by atoms with van der Waals surface area (Å²) in [5.74, 6) is 0.696. The third-order valence-electron chi connectivity index (χ3n) is 3.53. The molecule has 1 nitrogen and oxygen atoms in total. The zero-order valence-corrected chi connectivity index (χ0v) is 9.50. The summed E-state index contributed by atoms with van der Waals surface area (Å²) in [5.41, 5.74) is 4.57. The Morgan fingerprint density at radius 2 is 2.27 bits per heavy atom. The van der Waals surface area contributed by atoms with Crippen molar-refractivity contribution in [2.75, 3.05) is 6.61 Å². The molecule has 1 unspecified atom stereocenters. The van der Waals surface area contributed by atoms with Gasteiger partial charge in [0.15, 0.2) is 0 Å². The van der Waals surface area contributed by atoms with E-state index in [9.17, 15) is 0 Å². The van der Waals surface area contributed by atoms with Crippen molar-refractivity contribution >= 4 is 0 Å². The van der Waals surface area contributed by atoms with Crippen molar-refractivity contribution in [1.82, 2.24) is 0 Å². The highest BCUT2D eigenvalue weighted by Crippen LogP contribution is 2.36.